The van der Waals surface area contributed by atoms with E-state index in [-0.39, 0.29) is 6.42 Å². The molecule has 7 nitrogen and oxygen atoms in total. The zero-order chi connectivity index (χ0) is 18.2. The molecule has 25 heavy (non-hydrogen) atoms. The van der Waals surface area contributed by atoms with E-state index in [1.165, 1.54) is 14.2 Å². The van der Waals surface area contributed by atoms with Crippen LogP contribution in [0.2, 0.25) is 0 Å². The predicted octanol–water partition coefficient (Wildman–Crippen LogP) is 2.54. The third kappa shape index (κ3) is 4.97. The Morgan fingerprint density at radius 3 is 2.28 bits per heavy atom. The van der Waals surface area contributed by atoms with Crippen LogP contribution in [-0.4, -0.2) is 26.0 Å². The number of ether oxygens (including phenoxy) is 2. The Morgan fingerprint density at radius 2 is 1.68 bits per heavy atom. The van der Waals surface area contributed by atoms with Crippen LogP contribution in [0.3, 0.4) is 0 Å². The number of benzene rings is 2. The molecule has 2 aromatic carbocycles. The summed E-state index contributed by atoms with van der Waals surface area (Å²) in [6.45, 7) is 0. The fourth-order valence-corrected chi connectivity index (χ4v) is 2.08. The number of nitriles is 1. The molecule has 0 spiro atoms. The molecule has 0 unspecified atom stereocenters. The lowest BCUT2D eigenvalue weighted by Crippen LogP contribution is -2.21. The number of carbonyl (C=O) groups excluding carboxylic acids is 2. The molecule has 0 bridgehead atoms. The minimum absolute atomic E-state index is 0.352. The third-order valence-corrected chi connectivity index (χ3v) is 3.30. The number of anilines is 2. The molecule has 0 atom stereocenters. The van der Waals surface area contributed by atoms with E-state index in [1.807, 2.05) is 6.07 Å². The molecular formula is C18H17N3O4. The highest BCUT2D eigenvalue weighted by molar-refractivity contribution is 6.08. The number of nitrogens with zero attached hydrogens (tertiary/aromatic N) is 1. The largest absolute Gasteiger partial charge is 0.497 e. The summed E-state index contributed by atoms with van der Waals surface area (Å²) in [6, 6.07) is 13.3. The van der Waals surface area contributed by atoms with Gasteiger partial charge in [0.15, 0.2) is 0 Å². The topological polar surface area (TPSA) is 100 Å². The van der Waals surface area contributed by atoms with Crippen LogP contribution in [0.15, 0.2) is 42.5 Å². The Kier molecular flexibility index (Phi) is 5.96. The summed E-state index contributed by atoms with van der Waals surface area (Å²) in [5.41, 5.74) is 1.45. The first kappa shape index (κ1) is 17.8. The van der Waals surface area contributed by atoms with Crippen molar-refractivity contribution in [3.63, 3.8) is 0 Å². The van der Waals surface area contributed by atoms with Gasteiger partial charge in [-0.05, 0) is 36.4 Å². The summed E-state index contributed by atoms with van der Waals surface area (Å²) in [5.74, 6) is 0.0814. The van der Waals surface area contributed by atoms with E-state index in [2.05, 4.69) is 10.6 Å². The van der Waals surface area contributed by atoms with E-state index in [0.717, 1.165) is 0 Å². The molecule has 2 aromatic rings. The molecule has 128 valence electrons. The van der Waals surface area contributed by atoms with E-state index < -0.39 is 11.8 Å². The smallest absolute Gasteiger partial charge is 0.233 e. The summed E-state index contributed by atoms with van der Waals surface area (Å²) in [5, 5.41) is 14.0. The molecular weight excluding hydrogens is 322 g/mol. The van der Waals surface area contributed by atoms with Gasteiger partial charge in [0, 0.05) is 11.8 Å². The lowest BCUT2D eigenvalue weighted by molar-refractivity contribution is -0.123. The average molecular weight is 339 g/mol. The van der Waals surface area contributed by atoms with Crippen molar-refractivity contribution in [2.45, 2.75) is 6.42 Å². The van der Waals surface area contributed by atoms with Crippen LogP contribution in [0.4, 0.5) is 11.4 Å². The zero-order valence-corrected chi connectivity index (χ0v) is 13.8. The molecule has 2 N–H and O–H groups in total. The summed E-state index contributed by atoms with van der Waals surface area (Å²) in [6.07, 6.45) is -0.352. The van der Waals surface area contributed by atoms with Crippen molar-refractivity contribution in [2.75, 3.05) is 24.9 Å². The number of rotatable bonds is 6. The monoisotopic (exact) mass is 339 g/mol. The number of nitrogens with one attached hydrogen (secondary N) is 2. The average Bonchev–Trinajstić information content (AvgIpc) is 2.62. The molecule has 0 radical (unpaired) electrons. The summed E-state index contributed by atoms with van der Waals surface area (Å²) in [7, 11) is 3.00. The van der Waals surface area contributed by atoms with Gasteiger partial charge >= 0.3 is 0 Å². The summed E-state index contributed by atoms with van der Waals surface area (Å²) < 4.78 is 10.3. The van der Waals surface area contributed by atoms with Gasteiger partial charge in [-0.2, -0.15) is 5.26 Å². The second-order valence-corrected chi connectivity index (χ2v) is 5.03. The second-order valence-electron chi connectivity index (χ2n) is 5.03. The van der Waals surface area contributed by atoms with Crippen molar-refractivity contribution in [1.82, 2.24) is 0 Å². The van der Waals surface area contributed by atoms with Gasteiger partial charge in [0.05, 0.1) is 31.5 Å². The molecule has 0 saturated heterocycles. The molecule has 2 amide bonds. The van der Waals surface area contributed by atoms with Gasteiger partial charge in [-0.3, -0.25) is 9.59 Å². The van der Waals surface area contributed by atoms with Crippen LogP contribution >= 0.6 is 0 Å². The SMILES string of the molecule is COc1ccc(NC(=O)CC(=O)Nc2ccc(C#N)cc2)c(OC)c1. The highest BCUT2D eigenvalue weighted by Crippen LogP contribution is 2.29. The molecule has 0 aliphatic carbocycles. The zero-order valence-electron chi connectivity index (χ0n) is 13.8. The van der Waals surface area contributed by atoms with Crippen LogP contribution in [0.1, 0.15) is 12.0 Å². The van der Waals surface area contributed by atoms with Crippen LogP contribution in [-0.2, 0) is 9.59 Å². The Hall–Kier alpha value is -3.53. The van der Waals surface area contributed by atoms with Crippen molar-refractivity contribution in [3.05, 3.63) is 48.0 Å². The van der Waals surface area contributed by atoms with Gasteiger partial charge in [0.25, 0.3) is 0 Å². The maximum atomic E-state index is 12.0. The Balaban J connectivity index is 1.95. The number of amides is 2. The molecule has 0 aliphatic rings. The van der Waals surface area contributed by atoms with E-state index >= 15 is 0 Å². The van der Waals surface area contributed by atoms with Gasteiger partial charge in [0.2, 0.25) is 11.8 Å². The number of hydrogen-bond acceptors (Lipinski definition) is 5. The standard InChI is InChI=1S/C18H17N3O4/c1-24-14-7-8-15(16(9-14)25-2)21-18(23)10-17(22)20-13-5-3-12(11-19)4-6-13/h3-9H,10H2,1-2H3,(H,20,22)(H,21,23). The summed E-state index contributed by atoms with van der Waals surface area (Å²) in [4.78, 5) is 24.0. The van der Waals surface area contributed by atoms with Crippen molar-refractivity contribution in [3.8, 4) is 17.6 Å². The van der Waals surface area contributed by atoms with Crippen molar-refractivity contribution >= 4 is 23.2 Å². The fraction of sp³-hybridized carbons (Fsp3) is 0.167. The van der Waals surface area contributed by atoms with E-state index in [4.69, 9.17) is 14.7 Å². The molecule has 0 fully saturated rings. The third-order valence-electron chi connectivity index (χ3n) is 3.30. The van der Waals surface area contributed by atoms with E-state index in [1.54, 1.807) is 42.5 Å². The molecule has 0 aromatic heterocycles. The molecule has 2 rings (SSSR count). The Morgan fingerprint density at radius 1 is 1.00 bits per heavy atom. The number of methoxy groups -OCH3 is 2. The molecule has 0 aliphatic heterocycles. The Labute approximate surface area is 145 Å². The lowest BCUT2D eigenvalue weighted by atomic mass is 10.2. The Bertz CT molecular complexity index is 810. The van der Waals surface area contributed by atoms with Gasteiger partial charge in [-0.1, -0.05) is 0 Å². The predicted molar refractivity (Wildman–Crippen MR) is 92.6 cm³/mol. The van der Waals surface area contributed by atoms with Gasteiger partial charge in [0.1, 0.15) is 17.9 Å². The molecule has 0 heterocycles. The summed E-state index contributed by atoms with van der Waals surface area (Å²) >= 11 is 0. The quantitative estimate of drug-likeness (QED) is 0.788. The van der Waals surface area contributed by atoms with Gasteiger partial charge in [-0.15, -0.1) is 0 Å². The number of carbonyl (C=O) groups is 2. The van der Waals surface area contributed by atoms with Gasteiger partial charge < -0.3 is 20.1 Å². The van der Waals surface area contributed by atoms with Crippen LogP contribution in [0.5, 0.6) is 11.5 Å². The fourth-order valence-electron chi connectivity index (χ4n) is 2.08. The van der Waals surface area contributed by atoms with Crippen molar-refractivity contribution in [2.24, 2.45) is 0 Å². The highest BCUT2D eigenvalue weighted by atomic mass is 16.5. The first-order chi connectivity index (χ1) is 12.0. The second kappa shape index (κ2) is 8.36. The maximum absolute atomic E-state index is 12.0. The highest BCUT2D eigenvalue weighted by Gasteiger charge is 2.13. The maximum Gasteiger partial charge on any atom is 0.233 e. The van der Waals surface area contributed by atoms with Crippen LogP contribution < -0.4 is 20.1 Å². The van der Waals surface area contributed by atoms with E-state index in [0.29, 0.717) is 28.4 Å². The minimum Gasteiger partial charge on any atom is -0.497 e. The molecule has 7 heteroatoms. The van der Waals surface area contributed by atoms with Crippen molar-refractivity contribution < 1.29 is 19.1 Å². The van der Waals surface area contributed by atoms with E-state index in [9.17, 15) is 9.59 Å². The normalized spacial score (nSPS) is 9.64. The van der Waals surface area contributed by atoms with Crippen molar-refractivity contribution in [1.29, 1.82) is 5.26 Å². The number of hydrogen-bond donors (Lipinski definition) is 2. The lowest BCUT2D eigenvalue weighted by Gasteiger charge is -2.11. The van der Waals surface area contributed by atoms with Crippen LogP contribution in [0.25, 0.3) is 0 Å². The first-order valence-corrected chi connectivity index (χ1v) is 7.37. The van der Waals surface area contributed by atoms with Crippen LogP contribution in [0, 0.1) is 11.3 Å². The molecule has 0 saturated carbocycles. The minimum atomic E-state index is -0.477. The van der Waals surface area contributed by atoms with Gasteiger partial charge in [-0.25, -0.2) is 0 Å². The first-order valence-electron chi connectivity index (χ1n) is 7.37.